The first-order valence-electron chi connectivity index (χ1n) is 7.85. The molecule has 2 nitrogen and oxygen atoms in total. The number of rotatable bonds is 5. The Morgan fingerprint density at radius 2 is 1.95 bits per heavy atom. The highest BCUT2D eigenvalue weighted by atomic mass is 79.9. The molecule has 0 heterocycles. The van der Waals surface area contributed by atoms with E-state index in [1.807, 2.05) is 6.92 Å². The molecule has 3 heteroatoms. The fraction of sp³-hybridized carbons (Fsp3) is 0.647. The van der Waals surface area contributed by atoms with Gasteiger partial charge in [0.05, 0.1) is 6.61 Å². The standard InChI is InChI=1S/C17H26BrNO/c1-3-20-16-11-10-14(18)12-15(16)17(19-2)13-8-6-4-5-7-9-13/h10-13,17,19H,3-9H2,1-2H3. The number of hydrogen-bond acceptors (Lipinski definition) is 2. The SMILES string of the molecule is CCOc1ccc(Br)cc1C(NC)C1CCCCCC1. The number of benzene rings is 1. The molecule has 0 spiro atoms. The average molecular weight is 340 g/mol. The van der Waals surface area contributed by atoms with Crippen LogP contribution in [0, 0.1) is 5.92 Å². The Morgan fingerprint density at radius 1 is 1.25 bits per heavy atom. The van der Waals surface area contributed by atoms with Crippen molar-refractivity contribution in [3.8, 4) is 5.75 Å². The molecule has 1 aromatic rings. The van der Waals surface area contributed by atoms with E-state index in [0.29, 0.717) is 6.04 Å². The van der Waals surface area contributed by atoms with Crippen molar-refractivity contribution in [3.05, 3.63) is 28.2 Å². The zero-order chi connectivity index (χ0) is 14.4. The summed E-state index contributed by atoms with van der Waals surface area (Å²) in [5.74, 6) is 1.75. The van der Waals surface area contributed by atoms with Crippen LogP contribution in [0.1, 0.15) is 57.1 Å². The summed E-state index contributed by atoms with van der Waals surface area (Å²) in [6.45, 7) is 2.77. The van der Waals surface area contributed by atoms with E-state index in [9.17, 15) is 0 Å². The Kier molecular flexibility index (Phi) is 6.37. The summed E-state index contributed by atoms with van der Waals surface area (Å²) in [4.78, 5) is 0. The topological polar surface area (TPSA) is 21.3 Å². The smallest absolute Gasteiger partial charge is 0.124 e. The minimum absolute atomic E-state index is 0.396. The van der Waals surface area contributed by atoms with Gasteiger partial charge >= 0.3 is 0 Å². The molecule has 0 aliphatic heterocycles. The first kappa shape index (κ1) is 15.8. The third kappa shape index (κ3) is 3.98. The van der Waals surface area contributed by atoms with Gasteiger partial charge in [-0.2, -0.15) is 0 Å². The van der Waals surface area contributed by atoms with Crippen LogP contribution in [0.3, 0.4) is 0 Å². The van der Waals surface area contributed by atoms with Crippen LogP contribution in [-0.4, -0.2) is 13.7 Å². The molecule has 2 rings (SSSR count). The van der Waals surface area contributed by atoms with Gasteiger partial charge in [-0.05, 0) is 50.9 Å². The van der Waals surface area contributed by atoms with Gasteiger partial charge in [0.2, 0.25) is 0 Å². The van der Waals surface area contributed by atoms with Crippen LogP contribution >= 0.6 is 15.9 Å². The normalized spacial score (nSPS) is 18.6. The fourth-order valence-corrected chi connectivity index (χ4v) is 3.72. The number of nitrogens with one attached hydrogen (secondary N) is 1. The lowest BCUT2D eigenvalue weighted by Crippen LogP contribution is -2.25. The van der Waals surface area contributed by atoms with E-state index in [-0.39, 0.29) is 0 Å². The summed E-state index contributed by atoms with van der Waals surface area (Å²) in [5, 5.41) is 3.54. The second kappa shape index (κ2) is 8.04. The van der Waals surface area contributed by atoms with E-state index < -0.39 is 0 Å². The quantitative estimate of drug-likeness (QED) is 0.755. The highest BCUT2D eigenvalue weighted by Crippen LogP contribution is 2.38. The van der Waals surface area contributed by atoms with Crippen molar-refractivity contribution in [2.45, 2.75) is 51.5 Å². The molecule has 1 aromatic carbocycles. The molecule has 1 unspecified atom stereocenters. The summed E-state index contributed by atoms with van der Waals surface area (Å²) in [5.41, 5.74) is 1.30. The second-order valence-electron chi connectivity index (χ2n) is 5.63. The van der Waals surface area contributed by atoms with E-state index in [2.05, 4.69) is 46.5 Å². The van der Waals surface area contributed by atoms with Crippen molar-refractivity contribution in [3.63, 3.8) is 0 Å². The van der Waals surface area contributed by atoms with Gasteiger partial charge in [0.1, 0.15) is 5.75 Å². The zero-order valence-electron chi connectivity index (χ0n) is 12.6. The number of halogens is 1. The van der Waals surface area contributed by atoms with E-state index in [1.165, 1.54) is 44.1 Å². The van der Waals surface area contributed by atoms with Crippen molar-refractivity contribution in [2.24, 2.45) is 5.92 Å². The molecule has 112 valence electrons. The van der Waals surface area contributed by atoms with Crippen LogP contribution in [0.2, 0.25) is 0 Å². The predicted molar refractivity (Wildman–Crippen MR) is 88.3 cm³/mol. The van der Waals surface area contributed by atoms with Crippen LogP contribution in [0.5, 0.6) is 5.75 Å². The molecule has 1 aliphatic rings. The maximum atomic E-state index is 5.84. The van der Waals surface area contributed by atoms with Crippen LogP contribution in [0.25, 0.3) is 0 Å². The maximum Gasteiger partial charge on any atom is 0.124 e. The van der Waals surface area contributed by atoms with E-state index in [1.54, 1.807) is 0 Å². The number of ether oxygens (including phenoxy) is 1. The fourth-order valence-electron chi connectivity index (χ4n) is 3.34. The second-order valence-corrected chi connectivity index (χ2v) is 6.55. The lowest BCUT2D eigenvalue weighted by atomic mass is 9.87. The van der Waals surface area contributed by atoms with Gasteiger partial charge in [0, 0.05) is 16.1 Å². The molecule has 0 radical (unpaired) electrons. The Hall–Kier alpha value is -0.540. The van der Waals surface area contributed by atoms with Crippen LogP contribution < -0.4 is 10.1 Å². The first-order chi connectivity index (χ1) is 9.76. The molecule has 1 saturated carbocycles. The van der Waals surface area contributed by atoms with Gasteiger partial charge in [-0.1, -0.05) is 41.6 Å². The van der Waals surface area contributed by atoms with Gasteiger partial charge in [0.15, 0.2) is 0 Å². The summed E-state index contributed by atoms with van der Waals surface area (Å²) in [7, 11) is 2.08. The molecule has 0 aromatic heterocycles. The number of hydrogen-bond donors (Lipinski definition) is 1. The van der Waals surface area contributed by atoms with Gasteiger partial charge in [-0.3, -0.25) is 0 Å². The molecular weight excluding hydrogens is 314 g/mol. The predicted octanol–water partition coefficient (Wildman–Crippen LogP) is 5.08. The van der Waals surface area contributed by atoms with Crippen molar-refractivity contribution < 1.29 is 4.74 Å². The molecule has 0 bridgehead atoms. The summed E-state index contributed by atoms with van der Waals surface area (Å²) in [6, 6.07) is 6.77. The van der Waals surface area contributed by atoms with Gasteiger partial charge in [0.25, 0.3) is 0 Å². The molecule has 1 fully saturated rings. The van der Waals surface area contributed by atoms with Crippen LogP contribution in [0.4, 0.5) is 0 Å². The summed E-state index contributed by atoms with van der Waals surface area (Å²) < 4.78 is 6.97. The van der Waals surface area contributed by atoms with E-state index >= 15 is 0 Å². The Labute approximate surface area is 131 Å². The van der Waals surface area contributed by atoms with Crippen molar-refractivity contribution in [1.82, 2.24) is 5.32 Å². The molecule has 1 N–H and O–H groups in total. The Morgan fingerprint density at radius 3 is 2.55 bits per heavy atom. The summed E-state index contributed by atoms with van der Waals surface area (Å²) >= 11 is 3.60. The molecule has 0 saturated heterocycles. The van der Waals surface area contributed by atoms with Gasteiger partial charge in [-0.15, -0.1) is 0 Å². The van der Waals surface area contributed by atoms with Crippen LogP contribution in [0.15, 0.2) is 22.7 Å². The van der Waals surface area contributed by atoms with Crippen LogP contribution in [-0.2, 0) is 0 Å². The minimum atomic E-state index is 0.396. The Bertz CT molecular complexity index is 413. The monoisotopic (exact) mass is 339 g/mol. The largest absolute Gasteiger partial charge is 0.494 e. The van der Waals surface area contributed by atoms with Gasteiger partial charge < -0.3 is 10.1 Å². The third-order valence-electron chi connectivity index (χ3n) is 4.29. The molecule has 1 aliphatic carbocycles. The molecular formula is C17H26BrNO. The minimum Gasteiger partial charge on any atom is -0.494 e. The van der Waals surface area contributed by atoms with Crippen molar-refractivity contribution >= 4 is 15.9 Å². The lowest BCUT2D eigenvalue weighted by molar-refractivity contribution is 0.305. The van der Waals surface area contributed by atoms with Crippen molar-refractivity contribution in [1.29, 1.82) is 0 Å². The maximum absolute atomic E-state index is 5.84. The van der Waals surface area contributed by atoms with E-state index in [0.717, 1.165) is 22.7 Å². The van der Waals surface area contributed by atoms with E-state index in [4.69, 9.17) is 4.74 Å². The van der Waals surface area contributed by atoms with Gasteiger partial charge in [-0.25, -0.2) is 0 Å². The third-order valence-corrected chi connectivity index (χ3v) is 4.78. The molecule has 20 heavy (non-hydrogen) atoms. The Balaban J connectivity index is 2.26. The summed E-state index contributed by atoms with van der Waals surface area (Å²) in [6.07, 6.45) is 8.16. The lowest BCUT2D eigenvalue weighted by Gasteiger charge is -2.28. The molecule has 1 atom stereocenters. The highest BCUT2D eigenvalue weighted by Gasteiger charge is 2.25. The first-order valence-corrected chi connectivity index (χ1v) is 8.65. The average Bonchev–Trinajstić information content (AvgIpc) is 2.72. The van der Waals surface area contributed by atoms with Crippen molar-refractivity contribution in [2.75, 3.05) is 13.7 Å². The zero-order valence-corrected chi connectivity index (χ0v) is 14.2. The molecule has 0 amide bonds. The highest BCUT2D eigenvalue weighted by molar-refractivity contribution is 9.10.